The number of aliphatic carboxylic acids is 1. The smallest absolute Gasteiger partial charge is 0.305 e. The maximum atomic E-state index is 10.6. The highest BCUT2D eigenvalue weighted by atomic mass is 16.4. The van der Waals surface area contributed by atoms with Crippen molar-refractivity contribution < 1.29 is 9.90 Å². The zero-order chi connectivity index (χ0) is 12.8. The highest BCUT2D eigenvalue weighted by Crippen LogP contribution is 2.22. The van der Waals surface area contributed by atoms with Gasteiger partial charge in [-0.2, -0.15) is 5.26 Å². The highest BCUT2D eigenvalue weighted by molar-refractivity contribution is 5.68. The maximum Gasteiger partial charge on any atom is 0.305 e. The van der Waals surface area contributed by atoms with Crippen LogP contribution in [0.25, 0.3) is 0 Å². The number of anilines is 1. The molecule has 0 fully saturated rings. The van der Waals surface area contributed by atoms with Gasteiger partial charge in [-0.25, -0.2) is 0 Å². The largest absolute Gasteiger partial charge is 0.481 e. The van der Waals surface area contributed by atoms with Crippen LogP contribution in [0, 0.1) is 25.2 Å². The number of nitriles is 1. The molecule has 0 aromatic heterocycles. The van der Waals surface area contributed by atoms with E-state index in [9.17, 15) is 4.79 Å². The van der Waals surface area contributed by atoms with E-state index in [0.29, 0.717) is 6.54 Å². The molecule has 4 heteroatoms. The molecule has 0 bridgehead atoms. The first-order valence-electron chi connectivity index (χ1n) is 5.46. The van der Waals surface area contributed by atoms with Crippen molar-refractivity contribution in [3.05, 3.63) is 29.3 Å². The van der Waals surface area contributed by atoms with Crippen molar-refractivity contribution in [2.75, 3.05) is 18.0 Å². The molecule has 0 aliphatic carbocycles. The Hall–Kier alpha value is -2.02. The monoisotopic (exact) mass is 232 g/mol. The number of carbonyl (C=O) groups is 1. The van der Waals surface area contributed by atoms with Gasteiger partial charge in [0, 0.05) is 12.2 Å². The van der Waals surface area contributed by atoms with Crippen LogP contribution >= 0.6 is 0 Å². The summed E-state index contributed by atoms with van der Waals surface area (Å²) in [6.45, 7) is 4.54. The molecule has 1 aromatic carbocycles. The minimum atomic E-state index is -0.849. The number of carboxylic acids is 1. The predicted molar refractivity (Wildman–Crippen MR) is 66.0 cm³/mol. The Labute approximate surface area is 101 Å². The number of rotatable bonds is 5. The molecule has 0 saturated heterocycles. The third kappa shape index (κ3) is 3.49. The standard InChI is InChI=1S/C13H16N2O2/c1-10-4-3-5-12(11(10)2)15(9-7-14)8-6-13(16)17/h3-5H,6,8-9H2,1-2H3,(H,16,17). The second-order valence-electron chi connectivity index (χ2n) is 3.94. The zero-order valence-electron chi connectivity index (χ0n) is 10.1. The first-order chi connectivity index (χ1) is 8.06. The molecule has 0 unspecified atom stereocenters. The van der Waals surface area contributed by atoms with Crippen molar-refractivity contribution in [2.45, 2.75) is 20.3 Å². The summed E-state index contributed by atoms with van der Waals surface area (Å²) in [7, 11) is 0. The molecule has 0 spiro atoms. The lowest BCUT2D eigenvalue weighted by Gasteiger charge is -2.23. The lowest BCUT2D eigenvalue weighted by Crippen LogP contribution is -2.27. The van der Waals surface area contributed by atoms with Crippen LogP contribution in [0.2, 0.25) is 0 Å². The second kappa shape index (κ2) is 5.90. The summed E-state index contributed by atoms with van der Waals surface area (Å²) in [5.41, 5.74) is 3.17. The molecule has 1 rings (SSSR count). The first kappa shape index (κ1) is 13.0. The molecule has 1 N–H and O–H groups in total. The summed E-state index contributed by atoms with van der Waals surface area (Å²) in [5, 5.41) is 17.5. The summed E-state index contributed by atoms with van der Waals surface area (Å²) in [6.07, 6.45) is 0.0368. The molecule has 4 nitrogen and oxygen atoms in total. The summed E-state index contributed by atoms with van der Waals surface area (Å²) in [5.74, 6) is -0.849. The molecular weight excluding hydrogens is 216 g/mol. The number of hydrogen-bond donors (Lipinski definition) is 1. The molecule has 0 amide bonds. The van der Waals surface area contributed by atoms with Gasteiger partial charge in [0.25, 0.3) is 0 Å². The van der Waals surface area contributed by atoms with Crippen LogP contribution in [-0.2, 0) is 4.79 Å². The number of aryl methyl sites for hydroxylation is 1. The van der Waals surface area contributed by atoms with Crippen LogP contribution < -0.4 is 4.90 Å². The van der Waals surface area contributed by atoms with E-state index in [1.165, 1.54) is 0 Å². The summed E-state index contributed by atoms with van der Waals surface area (Å²) >= 11 is 0. The van der Waals surface area contributed by atoms with E-state index in [1.807, 2.05) is 32.0 Å². The van der Waals surface area contributed by atoms with Crippen molar-refractivity contribution in [1.82, 2.24) is 0 Å². The van der Waals surface area contributed by atoms with Crippen molar-refractivity contribution in [2.24, 2.45) is 0 Å². The van der Waals surface area contributed by atoms with Gasteiger partial charge < -0.3 is 10.0 Å². The van der Waals surface area contributed by atoms with Crippen LogP contribution in [-0.4, -0.2) is 24.2 Å². The zero-order valence-corrected chi connectivity index (χ0v) is 10.1. The van der Waals surface area contributed by atoms with Crippen LogP contribution in [0.5, 0.6) is 0 Å². The highest BCUT2D eigenvalue weighted by Gasteiger charge is 2.11. The summed E-state index contributed by atoms with van der Waals surface area (Å²) < 4.78 is 0. The van der Waals surface area contributed by atoms with Crippen molar-refractivity contribution in [1.29, 1.82) is 5.26 Å². The fraction of sp³-hybridized carbons (Fsp3) is 0.385. The fourth-order valence-electron chi connectivity index (χ4n) is 1.68. The van der Waals surface area contributed by atoms with Gasteiger partial charge in [-0.05, 0) is 31.0 Å². The Bertz CT molecular complexity index is 449. The minimum absolute atomic E-state index is 0.0368. The van der Waals surface area contributed by atoms with E-state index in [4.69, 9.17) is 10.4 Å². The number of nitrogens with zero attached hydrogens (tertiary/aromatic N) is 2. The van der Waals surface area contributed by atoms with Gasteiger partial charge in [-0.15, -0.1) is 0 Å². The molecule has 0 saturated carbocycles. The molecular formula is C13H16N2O2. The number of hydrogen-bond acceptors (Lipinski definition) is 3. The molecule has 0 atom stereocenters. The quantitative estimate of drug-likeness (QED) is 0.790. The van der Waals surface area contributed by atoms with Crippen LogP contribution in [0.4, 0.5) is 5.69 Å². The van der Waals surface area contributed by atoms with Crippen molar-refractivity contribution in [3.63, 3.8) is 0 Å². The summed E-state index contributed by atoms with van der Waals surface area (Å²) in [6, 6.07) is 7.91. The lowest BCUT2D eigenvalue weighted by molar-refractivity contribution is -0.136. The maximum absolute atomic E-state index is 10.6. The van der Waals surface area contributed by atoms with E-state index < -0.39 is 5.97 Å². The third-order valence-electron chi connectivity index (χ3n) is 2.77. The molecule has 0 heterocycles. The average Bonchev–Trinajstić information content (AvgIpc) is 2.28. The molecule has 90 valence electrons. The van der Waals surface area contributed by atoms with Gasteiger partial charge in [-0.1, -0.05) is 12.1 Å². The van der Waals surface area contributed by atoms with Crippen LogP contribution in [0.3, 0.4) is 0 Å². The Balaban J connectivity index is 2.93. The fourth-order valence-corrected chi connectivity index (χ4v) is 1.68. The SMILES string of the molecule is Cc1cccc(N(CC#N)CCC(=O)O)c1C. The van der Waals surface area contributed by atoms with E-state index in [2.05, 4.69) is 6.07 Å². The van der Waals surface area contributed by atoms with Crippen LogP contribution in [0.1, 0.15) is 17.5 Å². The Kier molecular flexibility index (Phi) is 4.53. The van der Waals surface area contributed by atoms with E-state index in [0.717, 1.165) is 16.8 Å². The Morgan fingerprint density at radius 3 is 2.76 bits per heavy atom. The predicted octanol–water partition coefficient (Wildman–Crippen LogP) is 2.11. The number of carboxylic acid groups (broad SMARTS) is 1. The summed E-state index contributed by atoms with van der Waals surface area (Å²) in [4.78, 5) is 12.4. The van der Waals surface area contributed by atoms with Crippen molar-refractivity contribution in [3.8, 4) is 6.07 Å². The van der Waals surface area contributed by atoms with Gasteiger partial charge in [0.15, 0.2) is 0 Å². The topological polar surface area (TPSA) is 64.3 Å². The first-order valence-corrected chi connectivity index (χ1v) is 5.46. The molecule has 0 aliphatic heterocycles. The normalized spacial score (nSPS) is 9.71. The molecule has 1 aromatic rings. The van der Waals surface area contributed by atoms with E-state index >= 15 is 0 Å². The number of benzene rings is 1. The van der Waals surface area contributed by atoms with Gasteiger partial charge >= 0.3 is 5.97 Å². The van der Waals surface area contributed by atoms with Gasteiger partial charge in [-0.3, -0.25) is 4.79 Å². The van der Waals surface area contributed by atoms with Gasteiger partial charge in [0.1, 0.15) is 6.54 Å². The average molecular weight is 232 g/mol. The van der Waals surface area contributed by atoms with E-state index in [1.54, 1.807) is 4.90 Å². The van der Waals surface area contributed by atoms with Crippen LogP contribution in [0.15, 0.2) is 18.2 Å². The second-order valence-corrected chi connectivity index (χ2v) is 3.94. The van der Waals surface area contributed by atoms with E-state index in [-0.39, 0.29) is 13.0 Å². The van der Waals surface area contributed by atoms with Gasteiger partial charge in [0.05, 0.1) is 12.5 Å². The Morgan fingerprint density at radius 1 is 1.47 bits per heavy atom. The minimum Gasteiger partial charge on any atom is -0.481 e. The molecule has 0 aliphatic rings. The lowest BCUT2D eigenvalue weighted by atomic mass is 10.1. The van der Waals surface area contributed by atoms with Crippen molar-refractivity contribution >= 4 is 11.7 Å². The molecule has 0 radical (unpaired) electrons. The Morgan fingerprint density at radius 2 is 2.18 bits per heavy atom. The van der Waals surface area contributed by atoms with Gasteiger partial charge in [0.2, 0.25) is 0 Å². The molecule has 17 heavy (non-hydrogen) atoms. The third-order valence-corrected chi connectivity index (χ3v) is 2.77.